The van der Waals surface area contributed by atoms with Crippen LogP contribution in [-0.2, 0) is 16.1 Å². The zero-order valence-corrected chi connectivity index (χ0v) is 14.6. The minimum absolute atomic E-state index is 0.112. The molecule has 1 aromatic heterocycles. The van der Waals surface area contributed by atoms with E-state index in [1.165, 1.54) is 7.11 Å². The van der Waals surface area contributed by atoms with Crippen LogP contribution in [0.25, 0.3) is 10.9 Å². The van der Waals surface area contributed by atoms with Crippen molar-refractivity contribution in [2.75, 3.05) is 7.11 Å². The summed E-state index contributed by atoms with van der Waals surface area (Å²) in [5.74, 6) is -0.597. The number of esters is 1. The molecule has 3 rings (SSSR count). The summed E-state index contributed by atoms with van der Waals surface area (Å²) in [6.07, 6.45) is 3.39. The number of aromatic nitrogens is 1. The molecular weight excluding hydrogens is 330 g/mol. The topological polar surface area (TPSA) is 72.7 Å². The summed E-state index contributed by atoms with van der Waals surface area (Å²) in [5.41, 5.74) is 5.70. The molecule has 6 nitrogen and oxygen atoms in total. The number of rotatable bonds is 5. The largest absolute Gasteiger partial charge is 0.468 e. The maximum atomic E-state index is 12.2. The van der Waals surface area contributed by atoms with E-state index in [9.17, 15) is 9.59 Å². The van der Waals surface area contributed by atoms with E-state index < -0.39 is 0 Å². The number of aryl methyl sites for hydroxylation is 1. The number of hydrogen-bond donors (Lipinski definition) is 1. The number of fused-ring (bicyclic) bond motifs is 1. The monoisotopic (exact) mass is 349 g/mol. The third-order valence-corrected chi connectivity index (χ3v) is 4.11. The molecule has 1 heterocycles. The van der Waals surface area contributed by atoms with Crippen molar-refractivity contribution < 1.29 is 14.3 Å². The first kappa shape index (κ1) is 17.4. The van der Waals surface area contributed by atoms with Gasteiger partial charge in [0.05, 0.1) is 13.3 Å². The van der Waals surface area contributed by atoms with Crippen molar-refractivity contribution in [3.63, 3.8) is 0 Å². The van der Waals surface area contributed by atoms with Crippen molar-refractivity contribution in [3.8, 4) is 0 Å². The highest BCUT2D eigenvalue weighted by Crippen LogP contribution is 2.20. The molecule has 1 amide bonds. The number of nitrogens with zero attached hydrogens (tertiary/aromatic N) is 2. The Kier molecular flexibility index (Phi) is 5.12. The molecule has 0 saturated carbocycles. The van der Waals surface area contributed by atoms with Gasteiger partial charge in [-0.1, -0.05) is 36.4 Å². The lowest BCUT2D eigenvalue weighted by Gasteiger charge is -2.02. The molecule has 0 radical (unpaired) electrons. The van der Waals surface area contributed by atoms with Gasteiger partial charge >= 0.3 is 5.97 Å². The van der Waals surface area contributed by atoms with Crippen LogP contribution in [0.15, 0.2) is 59.8 Å². The van der Waals surface area contributed by atoms with Crippen molar-refractivity contribution in [1.29, 1.82) is 0 Å². The van der Waals surface area contributed by atoms with Gasteiger partial charge in [0, 0.05) is 28.2 Å². The number of carbonyl (C=O) groups excluding carboxylic acids is 2. The molecule has 6 heteroatoms. The maximum absolute atomic E-state index is 12.2. The summed E-state index contributed by atoms with van der Waals surface area (Å²) < 4.78 is 6.53. The lowest BCUT2D eigenvalue weighted by molar-refractivity contribution is -0.141. The fraction of sp³-hybridized carbons (Fsp3) is 0.150. The number of benzene rings is 2. The molecule has 0 bridgehead atoms. The fourth-order valence-electron chi connectivity index (χ4n) is 2.76. The number of carbonyl (C=O) groups is 2. The summed E-state index contributed by atoms with van der Waals surface area (Å²) in [4.78, 5) is 23.8. The summed E-state index contributed by atoms with van der Waals surface area (Å²) in [7, 11) is 1.36. The van der Waals surface area contributed by atoms with Gasteiger partial charge in [-0.2, -0.15) is 5.10 Å². The van der Waals surface area contributed by atoms with E-state index in [1.807, 2.05) is 55.6 Å². The Bertz CT molecular complexity index is 989. The molecule has 0 aliphatic rings. The van der Waals surface area contributed by atoms with Gasteiger partial charge in [-0.25, -0.2) is 5.43 Å². The molecule has 0 aliphatic carbocycles. The molecule has 3 aromatic rings. The molecule has 26 heavy (non-hydrogen) atoms. The second-order valence-electron chi connectivity index (χ2n) is 5.82. The van der Waals surface area contributed by atoms with Gasteiger partial charge < -0.3 is 9.30 Å². The van der Waals surface area contributed by atoms with E-state index in [0.717, 1.165) is 22.0 Å². The van der Waals surface area contributed by atoms with Crippen molar-refractivity contribution in [2.24, 2.45) is 5.10 Å². The number of ether oxygens (including phenoxy) is 1. The SMILES string of the molecule is COC(=O)Cn1cc(/C=N\NC(=O)c2ccccc2C)c2ccccc21. The van der Waals surface area contributed by atoms with Gasteiger partial charge in [0.1, 0.15) is 6.54 Å². The lowest BCUT2D eigenvalue weighted by Crippen LogP contribution is -2.18. The Balaban J connectivity index is 1.82. The summed E-state index contributed by atoms with van der Waals surface area (Å²) in [6.45, 7) is 1.99. The molecule has 132 valence electrons. The van der Waals surface area contributed by atoms with Gasteiger partial charge in [0.15, 0.2) is 0 Å². The van der Waals surface area contributed by atoms with Gasteiger partial charge in [0.25, 0.3) is 5.91 Å². The van der Waals surface area contributed by atoms with Gasteiger partial charge in [0.2, 0.25) is 0 Å². The number of amides is 1. The van der Waals surface area contributed by atoms with E-state index in [-0.39, 0.29) is 18.4 Å². The van der Waals surface area contributed by atoms with Crippen LogP contribution >= 0.6 is 0 Å². The Morgan fingerprint density at radius 2 is 1.88 bits per heavy atom. The zero-order chi connectivity index (χ0) is 18.5. The first-order chi connectivity index (χ1) is 12.6. The van der Waals surface area contributed by atoms with Gasteiger partial charge in [-0.05, 0) is 24.6 Å². The molecule has 0 atom stereocenters. The molecular formula is C20H19N3O3. The van der Waals surface area contributed by atoms with Gasteiger partial charge in [-0.15, -0.1) is 0 Å². The van der Waals surface area contributed by atoms with Gasteiger partial charge in [-0.3, -0.25) is 9.59 Å². The quantitative estimate of drug-likeness (QED) is 0.437. The van der Waals surface area contributed by atoms with Crippen molar-refractivity contribution in [1.82, 2.24) is 9.99 Å². The molecule has 0 aliphatic heterocycles. The Morgan fingerprint density at radius 3 is 2.65 bits per heavy atom. The molecule has 0 saturated heterocycles. The van der Waals surface area contributed by atoms with E-state index in [0.29, 0.717) is 5.56 Å². The second-order valence-corrected chi connectivity index (χ2v) is 5.82. The third kappa shape index (κ3) is 3.64. The predicted octanol–water partition coefficient (Wildman–Crippen LogP) is 2.89. The van der Waals surface area contributed by atoms with Crippen LogP contribution in [0.1, 0.15) is 21.5 Å². The highest BCUT2D eigenvalue weighted by Gasteiger charge is 2.10. The number of para-hydroxylation sites is 1. The summed E-state index contributed by atoms with van der Waals surface area (Å²) in [6, 6.07) is 15.0. The average Bonchev–Trinajstić information content (AvgIpc) is 2.99. The van der Waals surface area contributed by atoms with Crippen molar-refractivity contribution >= 4 is 29.0 Å². The van der Waals surface area contributed by atoms with Crippen LogP contribution in [0.5, 0.6) is 0 Å². The Labute approximate surface area is 151 Å². The van der Waals surface area contributed by atoms with Crippen LogP contribution in [-0.4, -0.2) is 29.8 Å². The molecule has 0 fully saturated rings. The van der Waals surface area contributed by atoms with Crippen LogP contribution in [0.3, 0.4) is 0 Å². The van der Waals surface area contributed by atoms with E-state index >= 15 is 0 Å². The fourth-order valence-corrected chi connectivity index (χ4v) is 2.76. The standard InChI is InChI=1S/C20H19N3O3/c1-14-7-3-4-8-16(14)20(25)22-21-11-15-12-23(13-19(24)26-2)18-10-6-5-9-17(15)18/h3-12H,13H2,1-2H3,(H,22,25)/b21-11-. The van der Waals surface area contributed by atoms with Crippen molar-refractivity contribution in [3.05, 3.63) is 71.4 Å². The second kappa shape index (κ2) is 7.65. The lowest BCUT2D eigenvalue weighted by atomic mass is 10.1. The first-order valence-electron chi connectivity index (χ1n) is 8.14. The highest BCUT2D eigenvalue weighted by atomic mass is 16.5. The number of nitrogens with one attached hydrogen (secondary N) is 1. The third-order valence-electron chi connectivity index (χ3n) is 4.11. The molecule has 0 unspecified atom stereocenters. The van der Waals surface area contributed by atoms with E-state index in [4.69, 9.17) is 4.74 Å². The first-order valence-corrected chi connectivity index (χ1v) is 8.14. The number of methoxy groups -OCH3 is 1. The number of hydrazone groups is 1. The minimum atomic E-state index is -0.331. The Morgan fingerprint density at radius 1 is 1.15 bits per heavy atom. The Hall–Kier alpha value is -3.41. The predicted molar refractivity (Wildman–Crippen MR) is 100 cm³/mol. The van der Waals surface area contributed by atoms with E-state index in [2.05, 4.69) is 10.5 Å². The average molecular weight is 349 g/mol. The molecule has 2 aromatic carbocycles. The number of hydrogen-bond acceptors (Lipinski definition) is 4. The van der Waals surface area contributed by atoms with Crippen molar-refractivity contribution in [2.45, 2.75) is 13.5 Å². The van der Waals surface area contributed by atoms with E-state index in [1.54, 1.807) is 16.8 Å². The van der Waals surface area contributed by atoms with Crippen LogP contribution in [0, 0.1) is 6.92 Å². The smallest absolute Gasteiger partial charge is 0.325 e. The maximum Gasteiger partial charge on any atom is 0.325 e. The minimum Gasteiger partial charge on any atom is -0.468 e. The highest BCUT2D eigenvalue weighted by molar-refractivity contribution is 6.01. The molecule has 1 N–H and O–H groups in total. The zero-order valence-electron chi connectivity index (χ0n) is 14.6. The van der Waals surface area contributed by atoms with Crippen LogP contribution in [0.2, 0.25) is 0 Å². The van der Waals surface area contributed by atoms with Crippen LogP contribution in [0.4, 0.5) is 0 Å². The summed E-state index contributed by atoms with van der Waals surface area (Å²) in [5, 5.41) is 5.00. The summed E-state index contributed by atoms with van der Waals surface area (Å²) >= 11 is 0. The molecule has 0 spiro atoms. The van der Waals surface area contributed by atoms with Crippen LogP contribution < -0.4 is 5.43 Å². The normalized spacial score (nSPS) is 11.0.